The lowest BCUT2D eigenvalue weighted by Crippen LogP contribution is -2.34. The van der Waals surface area contributed by atoms with Gasteiger partial charge in [0.1, 0.15) is 10.6 Å². The van der Waals surface area contributed by atoms with E-state index >= 15 is 0 Å². The molecule has 37 heavy (non-hydrogen) atoms. The van der Waals surface area contributed by atoms with Crippen molar-refractivity contribution >= 4 is 39.1 Å². The number of nitrogens with one attached hydrogen (secondary N) is 1. The smallest absolute Gasteiger partial charge is 0.268 e. The second-order valence-corrected chi connectivity index (χ2v) is 11.1. The first-order valence-electron chi connectivity index (χ1n) is 11.5. The van der Waals surface area contributed by atoms with E-state index in [-0.39, 0.29) is 23.1 Å². The molecule has 1 N–H and O–H groups in total. The fraction of sp³-hybridized carbons (Fsp3) is 0.148. The summed E-state index contributed by atoms with van der Waals surface area (Å²) in [6, 6.07) is 22.1. The van der Waals surface area contributed by atoms with E-state index in [2.05, 4.69) is 15.3 Å². The Morgan fingerprint density at radius 2 is 1.76 bits per heavy atom. The molecule has 0 unspecified atom stereocenters. The summed E-state index contributed by atoms with van der Waals surface area (Å²) in [6.45, 7) is 2.16. The van der Waals surface area contributed by atoms with Crippen molar-refractivity contribution in [2.24, 2.45) is 0 Å². The summed E-state index contributed by atoms with van der Waals surface area (Å²) in [4.78, 5) is 21.4. The molecule has 0 spiro atoms. The number of nitrogens with zero attached hydrogens (tertiary/aromatic N) is 3. The molecule has 5 rings (SSSR count). The van der Waals surface area contributed by atoms with Gasteiger partial charge in [-0.15, -0.1) is 0 Å². The zero-order chi connectivity index (χ0) is 26.0. The van der Waals surface area contributed by atoms with Gasteiger partial charge in [0.05, 0.1) is 42.7 Å². The van der Waals surface area contributed by atoms with E-state index in [4.69, 9.17) is 4.74 Å². The zero-order valence-corrected chi connectivity index (χ0v) is 21.8. The number of ether oxygens (including phenoxy) is 1. The van der Waals surface area contributed by atoms with Crippen LogP contribution in [0.1, 0.15) is 11.1 Å². The van der Waals surface area contributed by atoms with E-state index in [1.165, 1.54) is 17.6 Å². The highest BCUT2D eigenvalue weighted by atomic mass is 32.2. The Labute approximate surface area is 219 Å². The molecule has 1 aromatic heterocycles. The molecule has 0 atom stereocenters. The number of carbonyl (C=O) groups is 1. The monoisotopic (exact) mass is 532 g/mol. The summed E-state index contributed by atoms with van der Waals surface area (Å²) in [5.74, 6) is 0.348. The molecule has 0 aliphatic carbocycles. The van der Waals surface area contributed by atoms with Gasteiger partial charge in [-0.05, 0) is 36.2 Å². The lowest BCUT2D eigenvalue weighted by molar-refractivity contribution is -0.113. The molecule has 188 valence electrons. The molecule has 0 radical (unpaired) electrons. The number of benzene rings is 3. The van der Waals surface area contributed by atoms with Crippen LogP contribution in [0.4, 0.5) is 11.4 Å². The van der Waals surface area contributed by atoms with Gasteiger partial charge in [-0.2, -0.15) is 0 Å². The highest BCUT2D eigenvalue weighted by Crippen LogP contribution is 2.43. The Hall–Kier alpha value is -3.89. The van der Waals surface area contributed by atoms with E-state index in [1.807, 2.05) is 55.5 Å². The number of aromatic nitrogens is 2. The third-order valence-electron chi connectivity index (χ3n) is 6.02. The van der Waals surface area contributed by atoms with Gasteiger partial charge in [0.25, 0.3) is 10.0 Å². The number of sulfonamides is 1. The van der Waals surface area contributed by atoms with Gasteiger partial charge < -0.3 is 10.1 Å². The summed E-state index contributed by atoms with van der Waals surface area (Å²) in [5, 5.41) is 3.12. The van der Waals surface area contributed by atoms with E-state index in [9.17, 15) is 13.2 Å². The maximum Gasteiger partial charge on any atom is 0.268 e. The Bertz CT molecular complexity index is 1590. The first-order valence-corrected chi connectivity index (χ1v) is 13.9. The van der Waals surface area contributed by atoms with Crippen LogP contribution in [0.25, 0.3) is 11.3 Å². The van der Waals surface area contributed by atoms with Crippen LogP contribution in [-0.2, 0) is 21.4 Å². The molecule has 1 aliphatic heterocycles. The number of amides is 1. The van der Waals surface area contributed by atoms with E-state index < -0.39 is 10.0 Å². The molecular formula is C27H24N4O4S2. The lowest BCUT2D eigenvalue weighted by Gasteiger charge is -2.31. The van der Waals surface area contributed by atoms with Gasteiger partial charge in [0.2, 0.25) is 5.91 Å². The molecule has 0 saturated carbocycles. The predicted octanol–water partition coefficient (Wildman–Crippen LogP) is 4.90. The Morgan fingerprint density at radius 1 is 1.03 bits per heavy atom. The first-order chi connectivity index (χ1) is 17.9. The summed E-state index contributed by atoms with van der Waals surface area (Å²) < 4.78 is 34.0. The van der Waals surface area contributed by atoms with Crippen LogP contribution in [0, 0.1) is 6.92 Å². The molecule has 0 fully saturated rings. The number of methoxy groups -OCH3 is 1. The van der Waals surface area contributed by atoms with E-state index in [0.29, 0.717) is 33.5 Å². The van der Waals surface area contributed by atoms with Crippen molar-refractivity contribution < 1.29 is 17.9 Å². The van der Waals surface area contributed by atoms with Gasteiger partial charge in [0, 0.05) is 5.56 Å². The summed E-state index contributed by atoms with van der Waals surface area (Å²) in [7, 11) is -2.37. The average molecular weight is 533 g/mol. The van der Waals surface area contributed by atoms with Gasteiger partial charge >= 0.3 is 0 Å². The van der Waals surface area contributed by atoms with E-state index in [1.54, 1.807) is 24.3 Å². The quantitative estimate of drug-likeness (QED) is 0.267. The second kappa shape index (κ2) is 10.2. The van der Waals surface area contributed by atoms with Crippen molar-refractivity contribution in [1.82, 2.24) is 9.97 Å². The van der Waals surface area contributed by atoms with Crippen LogP contribution in [-0.4, -0.2) is 37.2 Å². The van der Waals surface area contributed by atoms with Crippen LogP contribution in [0.2, 0.25) is 0 Å². The second-order valence-electron chi connectivity index (χ2n) is 8.36. The number of rotatable bonds is 7. The SMILES string of the molecule is COc1ccccc1NC(=O)CSc1ncc2c(n1)-c1ccccc1N(Cc1ccccc1C)S2(=O)=O. The highest BCUT2D eigenvalue weighted by molar-refractivity contribution is 7.99. The van der Waals surface area contributed by atoms with Gasteiger partial charge in [-0.25, -0.2) is 18.4 Å². The third kappa shape index (κ3) is 4.90. The molecule has 0 bridgehead atoms. The standard InChI is InChI=1S/C27H24N4O4S2/c1-18-9-3-4-10-19(18)16-31-22-13-7-5-11-20(22)26-24(37(31,33)34)15-28-27(30-26)36-17-25(32)29-21-12-6-8-14-23(21)35-2/h3-15H,16-17H2,1-2H3,(H,29,32). The van der Waals surface area contributed by atoms with Crippen LogP contribution < -0.4 is 14.4 Å². The van der Waals surface area contributed by atoms with Gasteiger partial charge in [-0.1, -0.05) is 66.4 Å². The van der Waals surface area contributed by atoms with Crippen molar-refractivity contribution in [3.05, 3.63) is 90.1 Å². The lowest BCUT2D eigenvalue weighted by atomic mass is 10.1. The summed E-state index contributed by atoms with van der Waals surface area (Å²) >= 11 is 1.13. The minimum atomic E-state index is -3.90. The van der Waals surface area contributed by atoms with Crippen LogP contribution >= 0.6 is 11.8 Å². The topological polar surface area (TPSA) is 101 Å². The van der Waals surface area contributed by atoms with Crippen LogP contribution in [0.5, 0.6) is 5.75 Å². The number of hydrogen-bond acceptors (Lipinski definition) is 7. The number of fused-ring (bicyclic) bond motifs is 3. The zero-order valence-electron chi connectivity index (χ0n) is 20.2. The largest absolute Gasteiger partial charge is 0.495 e. The normalized spacial score (nSPS) is 13.4. The van der Waals surface area contributed by atoms with Crippen molar-refractivity contribution in [2.45, 2.75) is 23.5 Å². The molecular weight excluding hydrogens is 508 g/mol. The van der Waals surface area contributed by atoms with Crippen LogP contribution in [0.15, 0.2) is 89.0 Å². The minimum Gasteiger partial charge on any atom is -0.495 e. The molecule has 1 amide bonds. The number of aryl methyl sites for hydroxylation is 1. The van der Waals surface area contributed by atoms with Crippen molar-refractivity contribution in [3.8, 4) is 17.0 Å². The molecule has 3 aromatic carbocycles. The summed E-state index contributed by atoms with van der Waals surface area (Å²) in [6.07, 6.45) is 1.33. The van der Waals surface area contributed by atoms with Crippen molar-refractivity contribution in [2.75, 3.05) is 22.5 Å². The maximum absolute atomic E-state index is 13.7. The number of anilines is 2. The van der Waals surface area contributed by atoms with Crippen molar-refractivity contribution in [3.63, 3.8) is 0 Å². The Morgan fingerprint density at radius 3 is 2.57 bits per heavy atom. The van der Waals surface area contributed by atoms with Crippen LogP contribution in [0.3, 0.4) is 0 Å². The Balaban J connectivity index is 1.41. The predicted molar refractivity (Wildman–Crippen MR) is 144 cm³/mol. The van der Waals surface area contributed by atoms with Crippen molar-refractivity contribution in [1.29, 1.82) is 0 Å². The summed E-state index contributed by atoms with van der Waals surface area (Å²) in [5.41, 5.74) is 4.08. The number of thioether (sulfide) groups is 1. The maximum atomic E-state index is 13.7. The minimum absolute atomic E-state index is 0.0441. The molecule has 1 aliphatic rings. The molecule has 8 nitrogen and oxygen atoms in total. The number of carbonyl (C=O) groups excluding carboxylic acids is 1. The fourth-order valence-electron chi connectivity index (χ4n) is 4.12. The van der Waals surface area contributed by atoms with Gasteiger partial charge in [0.15, 0.2) is 5.16 Å². The molecule has 2 heterocycles. The fourth-order valence-corrected chi connectivity index (χ4v) is 6.29. The average Bonchev–Trinajstić information content (AvgIpc) is 2.91. The van der Waals surface area contributed by atoms with Gasteiger partial charge in [-0.3, -0.25) is 9.10 Å². The number of para-hydroxylation sites is 3. The highest BCUT2D eigenvalue weighted by Gasteiger charge is 2.36. The third-order valence-corrected chi connectivity index (χ3v) is 8.64. The first kappa shape index (κ1) is 24.8. The molecule has 10 heteroatoms. The van der Waals surface area contributed by atoms with E-state index in [0.717, 1.165) is 22.9 Å². The number of hydrogen-bond donors (Lipinski definition) is 1. The molecule has 4 aromatic rings. The Kier molecular flexibility index (Phi) is 6.86. The molecule has 0 saturated heterocycles.